The topological polar surface area (TPSA) is 183 Å². The Morgan fingerprint density at radius 3 is 1.14 bits per heavy atom. The Labute approximate surface area is 368 Å². The molecule has 0 fully saturated rings. The van der Waals surface area contributed by atoms with Gasteiger partial charge in [-0.2, -0.15) is 0 Å². The number of hydrogen-bond acceptors (Lipinski definition) is 10. The van der Waals surface area contributed by atoms with Crippen molar-refractivity contribution in [3.63, 3.8) is 0 Å². The number of carbonyl (C=O) groups excluding carboxylic acids is 6. The number of esters is 2. The highest BCUT2D eigenvalue weighted by molar-refractivity contribution is 6.51. The number of imide groups is 2. The van der Waals surface area contributed by atoms with Crippen molar-refractivity contribution in [2.75, 3.05) is 20.0 Å². The third kappa shape index (κ3) is 6.97. The van der Waals surface area contributed by atoms with Crippen LogP contribution in [-0.2, 0) is 66.4 Å². The predicted molar refractivity (Wildman–Crippen MR) is 240 cm³/mol. The van der Waals surface area contributed by atoms with E-state index >= 15 is 0 Å². The fourth-order valence-electron chi connectivity index (χ4n) is 8.90. The molecule has 0 bridgehead atoms. The van der Waals surface area contributed by atoms with Crippen LogP contribution >= 0.6 is 0 Å². The van der Waals surface area contributed by atoms with Gasteiger partial charge in [-0.25, -0.2) is 9.59 Å². The Bertz CT molecular complexity index is 3260. The number of ether oxygens (including phenoxy) is 4. The van der Waals surface area contributed by atoms with Gasteiger partial charge in [0.2, 0.25) is 0 Å². The summed E-state index contributed by atoms with van der Waals surface area (Å²) in [7, 11) is 7.34. The van der Waals surface area contributed by atoms with E-state index in [2.05, 4.69) is 10.6 Å². The van der Waals surface area contributed by atoms with Crippen molar-refractivity contribution in [3.05, 3.63) is 132 Å². The van der Waals surface area contributed by atoms with Crippen molar-refractivity contribution in [2.24, 2.45) is 28.2 Å². The highest BCUT2D eigenvalue weighted by Gasteiger charge is 2.37. The van der Waals surface area contributed by atoms with Gasteiger partial charge in [0.25, 0.3) is 23.6 Å². The summed E-state index contributed by atoms with van der Waals surface area (Å²) in [5.41, 5.74) is 6.62. The molecule has 2 aliphatic heterocycles. The minimum atomic E-state index is -0.721. The summed E-state index contributed by atoms with van der Waals surface area (Å²) in [6.45, 7) is -1.37. The van der Waals surface area contributed by atoms with Gasteiger partial charge < -0.3 is 37.2 Å². The molecule has 2 N–H and O–H groups in total. The Hall–Kier alpha value is -8.34. The van der Waals surface area contributed by atoms with Crippen molar-refractivity contribution >= 4 is 101 Å². The maximum atomic E-state index is 13.3. The summed E-state index contributed by atoms with van der Waals surface area (Å²) >= 11 is 0. The second-order valence-electron chi connectivity index (χ2n) is 15.8. The van der Waals surface area contributed by atoms with E-state index in [-0.39, 0.29) is 33.8 Å². The van der Waals surface area contributed by atoms with Crippen LogP contribution in [0.3, 0.4) is 0 Å². The number of aryl methyl sites for hydroxylation is 4. The highest BCUT2D eigenvalue weighted by atomic mass is 16.7. The molecule has 0 spiro atoms. The second kappa shape index (κ2) is 15.8. The summed E-state index contributed by atoms with van der Waals surface area (Å²) in [6, 6.07) is 25.2. The molecule has 4 amide bonds. The predicted octanol–water partition coefficient (Wildman–Crippen LogP) is 5.29. The molecule has 8 aromatic rings. The van der Waals surface area contributed by atoms with Gasteiger partial charge >= 0.3 is 11.9 Å². The lowest BCUT2D eigenvalue weighted by molar-refractivity contribution is -0.151. The smallest absolute Gasteiger partial charge is 0.337 e. The first-order valence-corrected chi connectivity index (χ1v) is 20.4. The van der Waals surface area contributed by atoms with Gasteiger partial charge in [-0.05, 0) is 36.4 Å². The van der Waals surface area contributed by atoms with Crippen LogP contribution in [0.1, 0.15) is 22.3 Å². The molecule has 0 aliphatic carbocycles. The van der Waals surface area contributed by atoms with E-state index in [1.54, 1.807) is 72.0 Å². The third-order valence-electron chi connectivity index (χ3n) is 11.7. The molecule has 16 heteroatoms. The molecule has 65 heavy (non-hydrogen) atoms. The lowest BCUT2D eigenvalue weighted by Crippen LogP contribution is -2.22. The molecule has 4 aromatic carbocycles. The Morgan fingerprint density at radius 2 is 0.769 bits per heavy atom. The van der Waals surface area contributed by atoms with Crippen LogP contribution in [0.4, 0.5) is 0 Å². The van der Waals surface area contributed by atoms with Crippen molar-refractivity contribution in [1.29, 1.82) is 0 Å². The van der Waals surface area contributed by atoms with Crippen LogP contribution in [-0.4, -0.2) is 73.8 Å². The first-order valence-electron chi connectivity index (χ1n) is 20.4. The van der Waals surface area contributed by atoms with E-state index in [4.69, 9.17) is 18.9 Å². The minimum Gasteiger partial charge on any atom is -0.425 e. The van der Waals surface area contributed by atoms with Gasteiger partial charge in [0, 0.05) is 120 Å². The number of para-hydroxylation sites is 2. The van der Waals surface area contributed by atoms with E-state index < -0.39 is 55.6 Å². The zero-order valence-corrected chi connectivity index (χ0v) is 35.4. The summed E-state index contributed by atoms with van der Waals surface area (Å²) < 4.78 is 29.0. The normalized spacial score (nSPS) is 14.2. The monoisotopic (exact) mass is 870 g/mol. The molecule has 0 radical (unpaired) electrons. The largest absolute Gasteiger partial charge is 0.425 e. The van der Waals surface area contributed by atoms with E-state index in [1.807, 2.05) is 84.2 Å². The van der Waals surface area contributed by atoms with E-state index in [0.717, 1.165) is 21.8 Å². The number of fused-ring (bicyclic) bond motifs is 4. The number of hydrogen-bond donors (Lipinski definition) is 2. The molecular weight excluding hydrogens is 833 g/mol. The summed E-state index contributed by atoms with van der Waals surface area (Å²) in [6.07, 6.45) is 7.21. The van der Waals surface area contributed by atoms with E-state index in [1.165, 1.54) is 0 Å². The lowest BCUT2D eigenvalue weighted by atomic mass is 9.95. The average molecular weight is 871 g/mol. The van der Waals surface area contributed by atoms with Crippen LogP contribution < -0.4 is 20.1 Å². The van der Waals surface area contributed by atoms with Gasteiger partial charge in [-0.15, -0.1) is 0 Å². The van der Waals surface area contributed by atoms with Crippen LogP contribution in [0.15, 0.2) is 110 Å². The first-order chi connectivity index (χ1) is 31.4. The zero-order chi connectivity index (χ0) is 45.3. The number of amides is 4. The molecule has 324 valence electrons. The summed E-state index contributed by atoms with van der Waals surface area (Å²) in [5.74, 6) is -2.95. The molecule has 2 aliphatic rings. The molecule has 0 saturated heterocycles. The van der Waals surface area contributed by atoms with Crippen LogP contribution in [0.25, 0.3) is 65.9 Å². The summed E-state index contributed by atoms with van der Waals surface area (Å²) in [4.78, 5) is 78.4. The van der Waals surface area contributed by atoms with E-state index in [9.17, 15) is 28.8 Å². The standard InChI is InChI=1S/C49H38N6O10/c1-52-19-32(28-9-5-7-11-36(28)52)42-44(48(60)50-46(42)58)34-21-54(3)38-17-26(13-15-30(34)38)64-40(56)23-62-25-63-24-41(57)65-27-14-16-31-35(22-55(4)39(31)18-27)45-43(47(59)51-49(45)61)33-20-53(2)37-12-8-6-10-29(33)37/h5-22H,23-25H2,1-4H3,(H,50,58,60)(H,51,59,61). The van der Waals surface area contributed by atoms with Crippen LogP contribution in [0.2, 0.25) is 0 Å². The molecule has 0 unspecified atom stereocenters. The molecule has 16 nitrogen and oxygen atoms in total. The average Bonchev–Trinajstić information content (AvgIpc) is 4.11. The number of carbonyl (C=O) groups is 6. The van der Waals surface area contributed by atoms with Gasteiger partial charge in [-0.3, -0.25) is 29.8 Å². The molecule has 0 saturated carbocycles. The van der Waals surface area contributed by atoms with Crippen molar-refractivity contribution in [3.8, 4) is 11.5 Å². The van der Waals surface area contributed by atoms with Gasteiger partial charge in [0.05, 0.1) is 33.3 Å². The molecule has 6 heterocycles. The number of rotatable bonds is 12. The highest BCUT2D eigenvalue weighted by Crippen LogP contribution is 2.41. The SMILES string of the molecule is Cn1cc(C2=C(c3cn(C)c4cc(OC(=O)COCOCC(=O)Oc5ccc6c(C7=C(c8cn(C)c9ccccc89)C(=O)NC7=O)cn(C)c6c5)ccc34)C(=O)NC2=O)c2ccccc21. The number of nitrogens with zero attached hydrogens (tertiary/aromatic N) is 4. The first kappa shape index (κ1) is 40.7. The number of aromatic nitrogens is 4. The van der Waals surface area contributed by atoms with Gasteiger partial charge in [0.1, 0.15) is 31.5 Å². The van der Waals surface area contributed by atoms with Crippen molar-refractivity contribution in [2.45, 2.75) is 0 Å². The molecular formula is C49H38N6O10. The second-order valence-corrected chi connectivity index (χ2v) is 15.8. The lowest BCUT2D eigenvalue weighted by Gasteiger charge is -2.08. The Balaban J connectivity index is 0.763. The minimum absolute atomic E-state index is 0.225. The fraction of sp³-hybridized carbons (Fsp3) is 0.143. The van der Waals surface area contributed by atoms with Gasteiger partial charge in [-0.1, -0.05) is 36.4 Å². The van der Waals surface area contributed by atoms with Crippen molar-refractivity contribution < 1.29 is 47.7 Å². The zero-order valence-electron chi connectivity index (χ0n) is 35.4. The summed E-state index contributed by atoms with van der Waals surface area (Å²) in [5, 5.41) is 7.96. The van der Waals surface area contributed by atoms with Crippen molar-refractivity contribution in [1.82, 2.24) is 28.9 Å². The fourth-order valence-corrected chi connectivity index (χ4v) is 8.90. The molecule has 4 aromatic heterocycles. The van der Waals surface area contributed by atoms with Crippen LogP contribution in [0, 0.1) is 0 Å². The molecule has 10 rings (SSSR count). The third-order valence-corrected chi connectivity index (χ3v) is 11.7. The van der Waals surface area contributed by atoms with E-state index in [0.29, 0.717) is 44.1 Å². The number of benzene rings is 4. The molecule has 0 atom stereocenters. The number of nitrogens with one attached hydrogen (secondary N) is 2. The Kier molecular flexibility index (Phi) is 9.88. The van der Waals surface area contributed by atoms with Crippen LogP contribution in [0.5, 0.6) is 11.5 Å². The van der Waals surface area contributed by atoms with Gasteiger partial charge in [0.15, 0.2) is 0 Å². The quantitative estimate of drug-likeness (QED) is 0.0538. The maximum Gasteiger partial charge on any atom is 0.337 e. The Morgan fingerprint density at radius 1 is 0.446 bits per heavy atom. The maximum absolute atomic E-state index is 13.3.